The molecule has 0 saturated heterocycles. The minimum Gasteiger partial charge on any atom is -0.323 e. The molecule has 0 fully saturated rings. The number of alkyl halides is 1. The van der Waals surface area contributed by atoms with Crippen molar-refractivity contribution < 1.29 is 13.6 Å². The summed E-state index contributed by atoms with van der Waals surface area (Å²) in [5.41, 5.74) is -1.72. The quantitative estimate of drug-likeness (QED) is 0.779. The second-order valence-corrected chi connectivity index (χ2v) is 3.44. The van der Waals surface area contributed by atoms with Gasteiger partial charge in [-0.2, -0.15) is 0 Å². The first kappa shape index (κ1) is 10.6. The molecule has 1 amide bonds. The molecule has 1 N–H and O–H groups in total. The van der Waals surface area contributed by atoms with Gasteiger partial charge in [-0.05, 0) is 32.0 Å². The van der Waals surface area contributed by atoms with Gasteiger partial charge >= 0.3 is 0 Å². The number of rotatable bonds is 2. The van der Waals surface area contributed by atoms with Crippen LogP contribution < -0.4 is 5.32 Å². The summed E-state index contributed by atoms with van der Waals surface area (Å²) in [7, 11) is 0. The van der Waals surface area contributed by atoms with Crippen molar-refractivity contribution in [2.45, 2.75) is 19.5 Å². The van der Waals surface area contributed by atoms with Gasteiger partial charge in [0.2, 0.25) is 0 Å². The molecule has 1 aromatic rings. The predicted molar refractivity (Wildman–Crippen MR) is 50.2 cm³/mol. The summed E-state index contributed by atoms with van der Waals surface area (Å²) < 4.78 is 25.7. The van der Waals surface area contributed by atoms with Gasteiger partial charge in [-0.25, -0.2) is 8.78 Å². The van der Waals surface area contributed by atoms with Crippen molar-refractivity contribution in [1.82, 2.24) is 0 Å². The highest BCUT2D eigenvalue weighted by Gasteiger charge is 2.26. The van der Waals surface area contributed by atoms with E-state index in [1.165, 1.54) is 18.2 Å². The standard InChI is InChI=1S/C10H11F2NO/c1-10(2,12)9(14)13-8-5-3-4-7(11)6-8/h3-6H,1-2H3,(H,13,14). The highest BCUT2D eigenvalue weighted by molar-refractivity contribution is 5.96. The number of carbonyl (C=O) groups is 1. The number of nitrogens with one attached hydrogen (secondary N) is 1. The van der Waals surface area contributed by atoms with E-state index in [9.17, 15) is 13.6 Å². The van der Waals surface area contributed by atoms with Gasteiger partial charge in [-0.3, -0.25) is 4.79 Å². The summed E-state index contributed by atoms with van der Waals surface area (Å²) >= 11 is 0. The molecule has 14 heavy (non-hydrogen) atoms. The third-order valence-electron chi connectivity index (χ3n) is 1.62. The molecule has 0 radical (unpaired) electrons. The molecule has 1 aromatic carbocycles. The van der Waals surface area contributed by atoms with E-state index in [-0.39, 0.29) is 5.69 Å². The highest BCUT2D eigenvalue weighted by atomic mass is 19.1. The van der Waals surface area contributed by atoms with Crippen LogP contribution in [0.15, 0.2) is 24.3 Å². The zero-order valence-corrected chi connectivity index (χ0v) is 7.97. The van der Waals surface area contributed by atoms with E-state index in [1.807, 2.05) is 0 Å². The lowest BCUT2D eigenvalue weighted by molar-refractivity contribution is -0.125. The fourth-order valence-corrected chi connectivity index (χ4v) is 0.846. The van der Waals surface area contributed by atoms with Crippen molar-refractivity contribution in [3.05, 3.63) is 30.1 Å². The first-order valence-corrected chi connectivity index (χ1v) is 4.15. The molecular formula is C10H11F2NO. The van der Waals surface area contributed by atoms with Crippen LogP contribution in [0.1, 0.15) is 13.8 Å². The van der Waals surface area contributed by atoms with Crippen molar-refractivity contribution in [3.63, 3.8) is 0 Å². The molecule has 0 saturated carbocycles. The fourth-order valence-electron chi connectivity index (χ4n) is 0.846. The molecule has 0 aliphatic heterocycles. The van der Waals surface area contributed by atoms with Crippen LogP contribution in [0.4, 0.5) is 14.5 Å². The first-order chi connectivity index (χ1) is 6.39. The fraction of sp³-hybridized carbons (Fsp3) is 0.300. The van der Waals surface area contributed by atoms with Crippen LogP contribution >= 0.6 is 0 Å². The summed E-state index contributed by atoms with van der Waals surface area (Å²) in [6.07, 6.45) is 0. The van der Waals surface area contributed by atoms with Crippen molar-refractivity contribution in [1.29, 1.82) is 0 Å². The largest absolute Gasteiger partial charge is 0.323 e. The van der Waals surface area contributed by atoms with Crippen LogP contribution in [0.3, 0.4) is 0 Å². The Balaban J connectivity index is 2.75. The second-order valence-electron chi connectivity index (χ2n) is 3.44. The molecule has 0 heterocycles. The second kappa shape index (κ2) is 3.74. The van der Waals surface area contributed by atoms with Crippen LogP contribution in [0.25, 0.3) is 0 Å². The third kappa shape index (κ3) is 2.80. The lowest BCUT2D eigenvalue weighted by Crippen LogP contribution is -2.32. The summed E-state index contributed by atoms with van der Waals surface area (Å²) in [6, 6.07) is 5.31. The van der Waals surface area contributed by atoms with E-state index in [2.05, 4.69) is 5.32 Å². The first-order valence-electron chi connectivity index (χ1n) is 4.15. The highest BCUT2D eigenvalue weighted by Crippen LogP contribution is 2.14. The maximum absolute atomic E-state index is 13.1. The molecule has 1 rings (SSSR count). The van der Waals surface area contributed by atoms with Crippen LogP contribution in [0.5, 0.6) is 0 Å². The lowest BCUT2D eigenvalue weighted by atomic mass is 10.1. The summed E-state index contributed by atoms with van der Waals surface area (Å²) in [6.45, 7) is 2.28. The minimum atomic E-state index is -1.97. The van der Waals surface area contributed by atoms with Gasteiger partial charge in [0, 0.05) is 5.69 Å². The van der Waals surface area contributed by atoms with E-state index in [0.29, 0.717) is 0 Å². The molecule has 4 heteroatoms. The number of halogens is 2. The van der Waals surface area contributed by atoms with Crippen LogP contribution in [0.2, 0.25) is 0 Å². The molecule has 0 atom stereocenters. The average Bonchev–Trinajstić information content (AvgIpc) is 2.02. The van der Waals surface area contributed by atoms with Crippen LogP contribution in [-0.4, -0.2) is 11.6 Å². The Morgan fingerprint density at radius 2 is 2.07 bits per heavy atom. The lowest BCUT2D eigenvalue weighted by Gasteiger charge is -2.13. The van der Waals surface area contributed by atoms with E-state index < -0.39 is 17.4 Å². The smallest absolute Gasteiger partial charge is 0.261 e. The number of benzene rings is 1. The Hall–Kier alpha value is -1.45. The van der Waals surface area contributed by atoms with Gasteiger partial charge in [0.1, 0.15) is 5.82 Å². The Morgan fingerprint density at radius 1 is 1.43 bits per heavy atom. The molecule has 0 aliphatic carbocycles. The molecular weight excluding hydrogens is 188 g/mol. The van der Waals surface area contributed by atoms with E-state index in [4.69, 9.17) is 0 Å². The SMILES string of the molecule is CC(C)(F)C(=O)Nc1cccc(F)c1. The maximum atomic E-state index is 13.1. The zero-order chi connectivity index (χ0) is 10.8. The van der Waals surface area contributed by atoms with Crippen molar-refractivity contribution >= 4 is 11.6 Å². The molecule has 0 spiro atoms. The summed E-state index contributed by atoms with van der Waals surface area (Å²) in [5, 5.41) is 2.27. The summed E-state index contributed by atoms with van der Waals surface area (Å²) in [4.78, 5) is 11.1. The van der Waals surface area contributed by atoms with Crippen molar-refractivity contribution in [2.24, 2.45) is 0 Å². The summed E-state index contributed by atoms with van der Waals surface area (Å²) in [5.74, 6) is -1.26. The van der Waals surface area contributed by atoms with Crippen molar-refractivity contribution in [3.8, 4) is 0 Å². The van der Waals surface area contributed by atoms with E-state index in [0.717, 1.165) is 19.9 Å². The van der Waals surface area contributed by atoms with Gasteiger partial charge in [-0.15, -0.1) is 0 Å². The number of hydrogen-bond donors (Lipinski definition) is 1. The number of amides is 1. The Bertz CT molecular complexity index is 344. The Labute approximate surface area is 80.9 Å². The van der Waals surface area contributed by atoms with E-state index >= 15 is 0 Å². The molecule has 0 bridgehead atoms. The van der Waals surface area contributed by atoms with Crippen LogP contribution in [-0.2, 0) is 4.79 Å². The molecule has 0 aromatic heterocycles. The Kier molecular flexibility index (Phi) is 2.84. The molecule has 2 nitrogen and oxygen atoms in total. The van der Waals surface area contributed by atoms with Crippen LogP contribution in [0, 0.1) is 5.82 Å². The van der Waals surface area contributed by atoms with Gasteiger partial charge in [0.15, 0.2) is 5.67 Å². The molecule has 0 unspecified atom stereocenters. The van der Waals surface area contributed by atoms with Crippen molar-refractivity contribution in [2.75, 3.05) is 5.32 Å². The average molecular weight is 199 g/mol. The molecule has 76 valence electrons. The van der Waals surface area contributed by atoms with E-state index in [1.54, 1.807) is 0 Å². The maximum Gasteiger partial charge on any atom is 0.261 e. The minimum absolute atomic E-state index is 0.251. The van der Waals surface area contributed by atoms with Gasteiger partial charge in [-0.1, -0.05) is 6.07 Å². The molecule has 0 aliphatic rings. The third-order valence-corrected chi connectivity index (χ3v) is 1.62. The Morgan fingerprint density at radius 3 is 2.57 bits per heavy atom. The normalized spacial score (nSPS) is 11.1. The zero-order valence-electron chi connectivity index (χ0n) is 7.97. The van der Waals surface area contributed by atoms with Gasteiger partial charge in [0.25, 0.3) is 5.91 Å². The van der Waals surface area contributed by atoms with Gasteiger partial charge < -0.3 is 5.32 Å². The predicted octanol–water partition coefficient (Wildman–Crippen LogP) is 2.51. The van der Waals surface area contributed by atoms with Gasteiger partial charge in [0.05, 0.1) is 0 Å². The monoisotopic (exact) mass is 199 g/mol. The number of anilines is 1. The topological polar surface area (TPSA) is 29.1 Å². The number of carbonyl (C=O) groups excluding carboxylic acids is 1. The number of hydrogen-bond acceptors (Lipinski definition) is 1.